The highest BCUT2D eigenvalue weighted by molar-refractivity contribution is 6.04. The number of aromatic nitrogens is 2. The number of carbonyl (C=O) groups is 1. The van der Waals surface area contributed by atoms with Crippen LogP contribution in [-0.4, -0.2) is 20.6 Å². The Hall–Kier alpha value is -3.48. The van der Waals surface area contributed by atoms with Crippen LogP contribution in [0.4, 0.5) is 11.4 Å². The zero-order valence-electron chi connectivity index (χ0n) is 14.8. The van der Waals surface area contributed by atoms with E-state index >= 15 is 0 Å². The smallest absolute Gasteiger partial charge is 0.274 e. The number of hydrogen-bond acceptors (Lipinski definition) is 4. The normalized spacial score (nSPS) is 13.4. The number of para-hydroxylation sites is 1. The molecule has 7 heteroatoms. The highest BCUT2D eigenvalue weighted by Gasteiger charge is 2.29. The topological polar surface area (TPSA) is 90.1 Å². The quantitative estimate of drug-likeness (QED) is 0.543. The van der Waals surface area contributed by atoms with Crippen molar-refractivity contribution in [2.24, 2.45) is 0 Å². The molecule has 0 radical (unpaired) electrons. The van der Waals surface area contributed by atoms with Gasteiger partial charge >= 0.3 is 0 Å². The first kappa shape index (κ1) is 17.0. The third kappa shape index (κ3) is 3.31. The second kappa shape index (κ2) is 6.68. The van der Waals surface area contributed by atoms with Crippen LogP contribution < -0.4 is 5.32 Å². The average Bonchev–Trinajstić information content (AvgIpc) is 3.42. The Morgan fingerprint density at radius 3 is 2.59 bits per heavy atom. The molecule has 0 unspecified atom stereocenters. The van der Waals surface area contributed by atoms with Crippen LogP contribution >= 0.6 is 0 Å². The second-order valence-corrected chi connectivity index (χ2v) is 6.64. The van der Waals surface area contributed by atoms with Gasteiger partial charge in [0.15, 0.2) is 0 Å². The standard InChI is InChI=1S/C20H18N4O3/c1-13-16(8-5-9-18(13)24(26)27)21-20(25)19-12-17(14-10-11-14)22-23(19)15-6-3-2-4-7-15/h2-9,12,14H,10-11H2,1H3,(H,21,25). The van der Waals surface area contributed by atoms with Crippen molar-refractivity contribution < 1.29 is 9.72 Å². The third-order valence-corrected chi connectivity index (χ3v) is 4.71. The number of nitrogens with one attached hydrogen (secondary N) is 1. The van der Waals surface area contributed by atoms with Gasteiger partial charge in [-0.1, -0.05) is 24.3 Å². The van der Waals surface area contributed by atoms with E-state index in [0.29, 0.717) is 22.9 Å². The number of benzene rings is 2. The van der Waals surface area contributed by atoms with Crippen LogP contribution in [0.2, 0.25) is 0 Å². The van der Waals surface area contributed by atoms with Gasteiger partial charge in [0.05, 0.1) is 27.6 Å². The summed E-state index contributed by atoms with van der Waals surface area (Å²) in [6.45, 7) is 1.62. The van der Waals surface area contributed by atoms with E-state index in [2.05, 4.69) is 10.4 Å². The fraction of sp³-hybridized carbons (Fsp3) is 0.200. The lowest BCUT2D eigenvalue weighted by Crippen LogP contribution is -2.17. The minimum absolute atomic E-state index is 0.0250. The molecule has 0 aliphatic heterocycles. The van der Waals surface area contributed by atoms with Gasteiger partial charge in [-0.25, -0.2) is 4.68 Å². The molecule has 1 aromatic heterocycles. The van der Waals surface area contributed by atoms with E-state index in [9.17, 15) is 14.9 Å². The van der Waals surface area contributed by atoms with E-state index in [1.807, 2.05) is 36.4 Å². The van der Waals surface area contributed by atoms with Crippen LogP contribution in [-0.2, 0) is 0 Å². The summed E-state index contributed by atoms with van der Waals surface area (Å²) < 4.78 is 1.63. The predicted octanol–water partition coefficient (Wildman–Crippen LogP) is 4.22. The van der Waals surface area contributed by atoms with Gasteiger partial charge < -0.3 is 5.32 Å². The molecule has 27 heavy (non-hydrogen) atoms. The van der Waals surface area contributed by atoms with Crippen molar-refractivity contribution in [3.63, 3.8) is 0 Å². The van der Waals surface area contributed by atoms with Gasteiger partial charge in [-0.05, 0) is 44.0 Å². The molecule has 7 nitrogen and oxygen atoms in total. The Kier molecular flexibility index (Phi) is 4.19. The largest absolute Gasteiger partial charge is 0.320 e. The Morgan fingerprint density at radius 2 is 1.93 bits per heavy atom. The molecule has 2 aromatic carbocycles. The minimum atomic E-state index is -0.454. The van der Waals surface area contributed by atoms with Crippen molar-refractivity contribution in [1.29, 1.82) is 0 Å². The van der Waals surface area contributed by atoms with E-state index < -0.39 is 4.92 Å². The van der Waals surface area contributed by atoms with Crippen LogP contribution in [0.25, 0.3) is 5.69 Å². The number of nitrogens with zero attached hydrogens (tertiary/aromatic N) is 3. The molecular formula is C20H18N4O3. The SMILES string of the molecule is Cc1c(NC(=O)c2cc(C3CC3)nn2-c2ccccc2)cccc1[N+](=O)[O-]. The molecule has 1 saturated carbocycles. The van der Waals surface area contributed by atoms with E-state index in [4.69, 9.17) is 0 Å². The lowest BCUT2D eigenvalue weighted by molar-refractivity contribution is -0.385. The summed E-state index contributed by atoms with van der Waals surface area (Å²) in [5.74, 6) is 0.0583. The van der Waals surface area contributed by atoms with Crippen molar-refractivity contribution in [2.45, 2.75) is 25.7 Å². The van der Waals surface area contributed by atoms with Crippen molar-refractivity contribution in [2.75, 3.05) is 5.32 Å². The van der Waals surface area contributed by atoms with Gasteiger partial charge in [-0.15, -0.1) is 0 Å². The zero-order valence-corrected chi connectivity index (χ0v) is 14.8. The molecule has 3 aromatic rings. The van der Waals surface area contributed by atoms with Gasteiger partial charge in [0.1, 0.15) is 5.69 Å². The number of carbonyl (C=O) groups excluding carboxylic acids is 1. The predicted molar refractivity (Wildman–Crippen MR) is 101 cm³/mol. The van der Waals surface area contributed by atoms with E-state index in [0.717, 1.165) is 24.2 Å². The summed E-state index contributed by atoms with van der Waals surface area (Å²) in [6, 6.07) is 15.9. The molecule has 0 saturated heterocycles. The third-order valence-electron chi connectivity index (χ3n) is 4.71. The molecule has 1 heterocycles. The monoisotopic (exact) mass is 362 g/mol. The van der Waals surface area contributed by atoms with Gasteiger partial charge in [0.2, 0.25) is 0 Å². The van der Waals surface area contributed by atoms with E-state index in [1.165, 1.54) is 6.07 Å². The van der Waals surface area contributed by atoms with Crippen LogP contribution in [0.1, 0.15) is 40.5 Å². The van der Waals surface area contributed by atoms with Crippen molar-refractivity contribution in [1.82, 2.24) is 9.78 Å². The number of amides is 1. The maximum atomic E-state index is 13.0. The van der Waals surface area contributed by atoms with Crippen LogP contribution in [0.3, 0.4) is 0 Å². The fourth-order valence-electron chi connectivity index (χ4n) is 3.05. The highest BCUT2D eigenvalue weighted by Crippen LogP contribution is 2.40. The number of nitro groups is 1. The summed E-state index contributed by atoms with van der Waals surface area (Å²) >= 11 is 0. The maximum Gasteiger partial charge on any atom is 0.274 e. The first-order valence-corrected chi connectivity index (χ1v) is 8.75. The number of nitro benzene ring substituents is 1. The van der Waals surface area contributed by atoms with Crippen LogP contribution in [0.5, 0.6) is 0 Å². The number of hydrogen-bond donors (Lipinski definition) is 1. The van der Waals surface area contributed by atoms with Gasteiger partial charge in [-0.2, -0.15) is 5.10 Å². The maximum absolute atomic E-state index is 13.0. The molecule has 136 valence electrons. The Balaban J connectivity index is 1.70. The summed E-state index contributed by atoms with van der Waals surface area (Å²) in [4.78, 5) is 23.6. The first-order valence-electron chi connectivity index (χ1n) is 8.75. The van der Waals surface area contributed by atoms with E-state index in [-0.39, 0.29) is 11.6 Å². The Bertz CT molecular complexity index is 1020. The molecule has 1 amide bonds. The van der Waals surface area contributed by atoms with Gasteiger partial charge in [-0.3, -0.25) is 14.9 Å². The van der Waals surface area contributed by atoms with Crippen LogP contribution in [0, 0.1) is 17.0 Å². The number of anilines is 1. The molecule has 4 rings (SSSR count). The lowest BCUT2D eigenvalue weighted by atomic mass is 10.1. The molecule has 1 N–H and O–H groups in total. The zero-order chi connectivity index (χ0) is 19.0. The summed E-state index contributed by atoms with van der Waals surface area (Å²) in [5, 5.41) is 18.6. The molecule has 1 aliphatic rings. The summed E-state index contributed by atoms with van der Waals surface area (Å²) in [7, 11) is 0. The Labute approximate surface area is 155 Å². The summed E-state index contributed by atoms with van der Waals surface area (Å²) in [5.41, 5.74) is 2.93. The van der Waals surface area contributed by atoms with Crippen LogP contribution in [0.15, 0.2) is 54.6 Å². The average molecular weight is 362 g/mol. The molecule has 0 spiro atoms. The van der Waals surface area contributed by atoms with Gasteiger partial charge in [0, 0.05) is 12.0 Å². The number of rotatable bonds is 5. The molecule has 0 atom stereocenters. The first-order chi connectivity index (χ1) is 13.0. The molecule has 1 aliphatic carbocycles. The molecular weight excluding hydrogens is 344 g/mol. The lowest BCUT2D eigenvalue weighted by Gasteiger charge is -2.10. The van der Waals surface area contributed by atoms with Crippen molar-refractivity contribution in [3.05, 3.63) is 81.7 Å². The van der Waals surface area contributed by atoms with E-state index in [1.54, 1.807) is 23.7 Å². The minimum Gasteiger partial charge on any atom is -0.320 e. The van der Waals surface area contributed by atoms with Gasteiger partial charge in [0.25, 0.3) is 11.6 Å². The Morgan fingerprint density at radius 1 is 1.19 bits per heavy atom. The molecule has 0 bridgehead atoms. The summed E-state index contributed by atoms with van der Waals surface area (Å²) in [6.07, 6.45) is 2.16. The second-order valence-electron chi connectivity index (χ2n) is 6.64. The van der Waals surface area contributed by atoms with Crippen molar-refractivity contribution in [3.8, 4) is 5.69 Å². The highest BCUT2D eigenvalue weighted by atomic mass is 16.6. The fourth-order valence-corrected chi connectivity index (χ4v) is 3.05. The van der Waals surface area contributed by atoms with Crippen molar-refractivity contribution >= 4 is 17.3 Å². The molecule has 1 fully saturated rings.